The van der Waals surface area contributed by atoms with Crippen molar-refractivity contribution in [3.05, 3.63) is 0 Å². The summed E-state index contributed by atoms with van der Waals surface area (Å²) in [6.07, 6.45) is 4.03. The molecule has 1 atom stereocenters. The number of hydrogen-bond donors (Lipinski definition) is 1. The molecule has 0 amide bonds. The molecule has 0 aromatic rings. The second-order valence-corrected chi connectivity index (χ2v) is 3.95. The molecule has 0 aliphatic heterocycles. The van der Waals surface area contributed by atoms with E-state index < -0.39 is 0 Å². The van der Waals surface area contributed by atoms with E-state index in [9.17, 15) is 0 Å². The lowest BCUT2D eigenvalue weighted by Gasteiger charge is -2.32. The lowest BCUT2D eigenvalue weighted by atomic mass is 9.80. The van der Waals surface area contributed by atoms with Gasteiger partial charge in [-0.15, -0.1) is 0 Å². The van der Waals surface area contributed by atoms with Crippen LogP contribution >= 0.6 is 0 Å². The fraction of sp³-hybridized carbons (Fsp3) is 1.00. The Morgan fingerprint density at radius 2 is 2.17 bits per heavy atom. The molecule has 72 valence electrons. The zero-order valence-electron chi connectivity index (χ0n) is 8.52. The Hall–Kier alpha value is -0.0800. The molecule has 0 radical (unpaired) electrons. The van der Waals surface area contributed by atoms with Gasteiger partial charge in [-0.25, -0.2) is 0 Å². The van der Waals surface area contributed by atoms with E-state index in [1.165, 1.54) is 19.3 Å². The second-order valence-electron chi connectivity index (χ2n) is 3.95. The third-order valence-corrected chi connectivity index (χ3v) is 3.11. The summed E-state index contributed by atoms with van der Waals surface area (Å²) in [5.74, 6) is 0.912. The molecule has 12 heavy (non-hydrogen) atoms. The van der Waals surface area contributed by atoms with Gasteiger partial charge in [0.1, 0.15) is 0 Å². The number of rotatable bonds is 6. The van der Waals surface area contributed by atoms with Gasteiger partial charge in [-0.2, -0.15) is 0 Å². The zero-order chi connectivity index (χ0) is 9.03. The van der Waals surface area contributed by atoms with Crippen molar-refractivity contribution in [3.8, 4) is 0 Å². The van der Waals surface area contributed by atoms with Gasteiger partial charge >= 0.3 is 0 Å². The van der Waals surface area contributed by atoms with Gasteiger partial charge in [0, 0.05) is 19.1 Å². The summed E-state index contributed by atoms with van der Waals surface area (Å²) in [7, 11) is 3.84. The van der Waals surface area contributed by atoms with Crippen LogP contribution in [0.2, 0.25) is 0 Å². The fourth-order valence-electron chi connectivity index (χ4n) is 2.16. The topological polar surface area (TPSA) is 21.3 Å². The molecule has 1 saturated carbocycles. The Balaban J connectivity index is 2.51. The zero-order valence-corrected chi connectivity index (χ0v) is 8.52. The number of nitrogens with one attached hydrogen (secondary N) is 1. The summed E-state index contributed by atoms with van der Waals surface area (Å²) >= 11 is 0. The van der Waals surface area contributed by atoms with Crippen molar-refractivity contribution in [3.63, 3.8) is 0 Å². The van der Waals surface area contributed by atoms with Crippen LogP contribution < -0.4 is 5.32 Å². The maximum absolute atomic E-state index is 5.31. The van der Waals surface area contributed by atoms with Gasteiger partial charge in [0.15, 0.2) is 0 Å². The quantitative estimate of drug-likeness (QED) is 0.656. The summed E-state index contributed by atoms with van der Waals surface area (Å²) in [6, 6.07) is 0. The molecule has 0 aromatic heterocycles. The summed E-state index contributed by atoms with van der Waals surface area (Å²) < 4.78 is 5.31. The molecule has 2 nitrogen and oxygen atoms in total. The van der Waals surface area contributed by atoms with Gasteiger partial charge < -0.3 is 10.1 Å². The van der Waals surface area contributed by atoms with Crippen LogP contribution in [0.4, 0.5) is 0 Å². The van der Waals surface area contributed by atoms with Gasteiger partial charge in [0.05, 0.1) is 6.61 Å². The number of ether oxygens (including phenoxy) is 1. The average Bonchev–Trinajstić information content (AvgIpc) is 2.86. The van der Waals surface area contributed by atoms with Gasteiger partial charge in [0.2, 0.25) is 0 Å². The number of methoxy groups -OCH3 is 1. The highest BCUT2D eigenvalue weighted by Gasteiger charge is 2.43. The van der Waals surface area contributed by atoms with Gasteiger partial charge in [-0.05, 0) is 32.2 Å². The predicted molar refractivity (Wildman–Crippen MR) is 51.3 cm³/mol. The van der Waals surface area contributed by atoms with Crippen LogP contribution in [0, 0.1) is 11.3 Å². The van der Waals surface area contributed by atoms with E-state index in [0.717, 1.165) is 19.1 Å². The summed E-state index contributed by atoms with van der Waals surface area (Å²) in [5.41, 5.74) is 0.420. The number of hydrogen-bond acceptors (Lipinski definition) is 2. The molecule has 1 rings (SSSR count). The Morgan fingerprint density at radius 3 is 2.50 bits per heavy atom. The van der Waals surface area contributed by atoms with E-state index in [1.54, 1.807) is 0 Å². The molecule has 1 N–H and O–H groups in total. The molecule has 0 heterocycles. The van der Waals surface area contributed by atoms with Crippen LogP contribution in [0.3, 0.4) is 0 Å². The minimum atomic E-state index is 0.420. The normalized spacial score (nSPS) is 22.2. The summed E-state index contributed by atoms with van der Waals surface area (Å²) in [4.78, 5) is 0. The SMILES string of the molecule is CCC(CNC)(COC)C1CC1. The van der Waals surface area contributed by atoms with E-state index in [-0.39, 0.29) is 0 Å². The van der Waals surface area contributed by atoms with E-state index >= 15 is 0 Å². The van der Waals surface area contributed by atoms with Crippen LogP contribution in [0.15, 0.2) is 0 Å². The van der Waals surface area contributed by atoms with Crippen LogP contribution in [-0.4, -0.2) is 27.3 Å². The van der Waals surface area contributed by atoms with Crippen LogP contribution in [0.1, 0.15) is 26.2 Å². The standard InChI is InChI=1S/C10H21NO/c1-4-10(7-11-2,8-12-3)9-5-6-9/h9,11H,4-8H2,1-3H3. The Kier molecular flexibility index (Phi) is 3.53. The Bertz CT molecular complexity index is 126. The van der Waals surface area contributed by atoms with Crippen molar-refractivity contribution in [2.75, 3.05) is 27.3 Å². The average molecular weight is 171 g/mol. The van der Waals surface area contributed by atoms with Crippen molar-refractivity contribution >= 4 is 0 Å². The van der Waals surface area contributed by atoms with Crippen LogP contribution in [0.5, 0.6) is 0 Å². The molecular weight excluding hydrogens is 150 g/mol. The highest BCUT2D eigenvalue weighted by molar-refractivity contribution is 4.94. The van der Waals surface area contributed by atoms with Crippen molar-refractivity contribution in [2.24, 2.45) is 11.3 Å². The van der Waals surface area contributed by atoms with Gasteiger partial charge in [-0.1, -0.05) is 6.92 Å². The fourth-order valence-corrected chi connectivity index (χ4v) is 2.16. The third kappa shape index (κ3) is 1.99. The second kappa shape index (κ2) is 4.24. The van der Waals surface area contributed by atoms with Crippen molar-refractivity contribution < 1.29 is 4.74 Å². The molecule has 0 saturated heterocycles. The highest BCUT2D eigenvalue weighted by atomic mass is 16.5. The Morgan fingerprint density at radius 1 is 1.50 bits per heavy atom. The lowest BCUT2D eigenvalue weighted by molar-refractivity contribution is 0.0592. The maximum atomic E-state index is 5.31. The van der Waals surface area contributed by atoms with E-state index in [2.05, 4.69) is 12.2 Å². The predicted octanol–water partition coefficient (Wildman–Crippen LogP) is 1.66. The molecule has 0 aromatic carbocycles. The third-order valence-electron chi connectivity index (χ3n) is 3.11. The molecule has 0 spiro atoms. The van der Waals surface area contributed by atoms with Crippen LogP contribution in [-0.2, 0) is 4.74 Å². The molecule has 2 heteroatoms. The molecule has 1 aliphatic carbocycles. The largest absolute Gasteiger partial charge is 0.384 e. The monoisotopic (exact) mass is 171 g/mol. The molecule has 1 fully saturated rings. The molecule has 0 bridgehead atoms. The van der Waals surface area contributed by atoms with Crippen molar-refractivity contribution in [1.82, 2.24) is 5.32 Å². The minimum Gasteiger partial charge on any atom is -0.384 e. The van der Waals surface area contributed by atoms with Gasteiger partial charge in [-0.3, -0.25) is 0 Å². The molecular formula is C10H21NO. The molecule has 1 aliphatic rings. The smallest absolute Gasteiger partial charge is 0.0533 e. The summed E-state index contributed by atoms with van der Waals surface area (Å²) in [6.45, 7) is 4.28. The highest BCUT2D eigenvalue weighted by Crippen LogP contribution is 2.47. The van der Waals surface area contributed by atoms with E-state index in [1.807, 2.05) is 14.2 Å². The first-order valence-corrected chi connectivity index (χ1v) is 4.92. The first-order valence-electron chi connectivity index (χ1n) is 4.92. The maximum Gasteiger partial charge on any atom is 0.0533 e. The van der Waals surface area contributed by atoms with E-state index in [0.29, 0.717) is 5.41 Å². The lowest BCUT2D eigenvalue weighted by Crippen LogP contribution is -2.38. The minimum absolute atomic E-state index is 0.420. The van der Waals surface area contributed by atoms with Crippen LogP contribution in [0.25, 0.3) is 0 Å². The van der Waals surface area contributed by atoms with Crippen molar-refractivity contribution in [1.29, 1.82) is 0 Å². The van der Waals surface area contributed by atoms with Gasteiger partial charge in [0.25, 0.3) is 0 Å². The Labute approximate surface area is 75.7 Å². The first-order chi connectivity index (χ1) is 5.79. The summed E-state index contributed by atoms with van der Waals surface area (Å²) in [5, 5.41) is 3.29. The van der Waals surface area contributed by atoms with Crippen molar-refractivity contribution in [2.45, 2.75) is 26.2 Å². The first kappa shape index (κ1) is 10.0. The van der Waals surface area contributed by atoms with E-state index in [4.69, 9.17) is 4.74 Å². The molecule has 1 unspecified atom stereocenters.